The van der Waals surface area contributed by atoms with E-state index in [0.717, 1.165) is 36.5 Å². The van der Waals surface area contributed by atoms with E-state index in [9.17, 15) is 13.2 Å². The second-order valence-corrected chi connectivity index (χ2v) is 7.17. The summed E-state index contributed by atoms with van der Waals surface area (Å²) < 4.78 is 37.6. The fourth-order valence-corrected chi connectivity index (χ4v) is 3.88. The lowest BCUT2D eigenvalue weighted by Crippen LogP contribution is -2.27. The maximum atomic E-state index is 12.5. The molecule has 4 heteroatoms. The van der Waals surface area contributed by atoms with Crippen LogP contribution in [0.2, 0.25) is 0 Å². The van der Waals surface area contributed by atoms with Gasteiger partial charge in [-0.05, 0) is 47.4 Å². The highest BCUT2D eigenvalue weighted by Crippen LogP contribution is 2.60. The third-order valence-corrected chi connectivity index (χ3v) is 4.75. The normalized spacial score (nSPS) is 29.5. The summed E-state index contributed by atoms with van der Waals surface area (Å²) in [5.74, 6) is 2.21. The van der Waals surface area contributed by atoms with Gasteiger partial charge in [0.25, 0.3) is 0 Å². The van der Waals surface area contributed by atoms with Crippen molar-refractivity contribution in [1.82, 2.24) is 0 Å². The Morgan fingerprint density at radius 1 is 0.950 bits per heavy atom. The summed E-state index contributed by atoms with van der Waals surface area (Å²) in [4.78, 5) is 2.22. The van der Waals surface area contributed by atoms with Crippen LogP contribution in [0, 0.1) is 23.2 Å². The molecule has 2 fully saturated rings. The molecule has 2 aliphatic rings. The molecule has 20 heavy (non-hydrogen) atoms. The van der Waals surface area contributed by atoms with Crippen molar-refractivity contribution in [2.75, 3.05) is 18.0 Å². The van der Waals surface area contributed by atoms with Crippen LogP contribution in [-0.4, -0.2) is 13.1 Å². The molecule has 1 aliphatic heterocycles. The smallest absolute Gasteiger partial charge is 0.371 e. The van der Waals surface area contributed by atoms with Gasteiger partial charge in [0, 0.05) is 18.8 Å². The lowest BCUT2D eigenvalue weighted by atomic mass is 9.87. The van der Waals surface area contributed by atoms with Gasteiger partial charge in [0.15, 0.2) is 0 Å². The number of fused-ring (bicyclic) bond motifs is 1. The van der Waals surface area contributed by atoms with Gasteiger partial charge in [0.05, 0.1) is 5.56 Å². The van der Waals surface area contributed by atoms with Crippen molar-refractivity contribution in [2.45, 2.75) is 26.9 Å². The van der Waals surface area contributed by atoms with Gasteiger partial charge in [0.2, 0.25) is 0 Å². The Morgan fingerprint density at radius 3 is 1.85 bits per heavy atom. The highest BCUT2D eigenvalue weighted by Gasteiger charge is 2.59. The van der Waals surface area contributed by atoms with E-state index >= 15 is 0 Å². The molecule has 0 bridgehead atoms. The second-order valence-electron chi connectivity index (χ2n) is 7.17. The first-order chi connectivity index (χ1) is 9.18. The molecule has 0 amide bonds. The van der Waals surface area contributed by atoms with Gasteiger partial charge in [-0.25, -0.2) is 0 Å². The fourth-order valence-electron chi connectivity index (χ4n) is 3.88. The summed E-state index contributed by atoms with van der Waals surface area (Å²) in [6.45, 7) is 8.80. The van der Waals surface area contributed by atoms with E-state index in [1.165, 1.54) is 12.1 Å². The first kappa shape index (κ1) is 13.8. The molecule has 2 unspecified atom stereocenters. The maximum absolute atomic E-state index is 12.5. The monoisotopic (exact) mass is 283 g/mol. The van der Waals surface area contributed by atoms with Crippen molar-refractivity contribution in [3.8, 4) is 0 Å². The fraction of sp³-hybridized carbons (Fsp3) is 0.625. The lowest BCUT2D eigenvalue weighted by Gasteiger charge is -2.27. The average molecular weight is 283 g/mol. The highest BCUT2D eigenvalue weighted by atomic mass is 19.4. The standard InChI is InChI=1S/C16H20F3N/c1-15(2,3)14-12-8-20(9-13(12)14)11-6-4-10(5-7-11)16(17,18)19/h4-7,12-14H,8-9H2,1-3H3. The van der Waals surface area contributed by atoms with E-state index in [2.05, 4.69) is 25.7 Å². The van der Waals surface area contributed by atoms with Gasteiger partial charge in [-0.15, -0.1) is 0 Å². The van der Waals surface area contributed by atoms with Crippen molar-refractivity contribution in [1.29, 1.82) is 0 Å². The number of hydrogen-bond donors (Lipinski definition) is 0. The Morgan fingerprint density at radius 2 is 1.45 bits per heavy atom. The van der Waals surface area contributed by atoms with Crippen LogP contribution < -0.4 is 4.90 Å². The molecule has 0 spiro atoms. The van der Waals surface area contributed by atoms with Gasteiger partial charge in [-0.1, -0.05) is 20.8 Å². The molecule has 2 atom stereocenters. The van der Waals surface area contributed by atoms with Crippen LogP contribution >= 0.6 is 0 Å². The Hall–Kier alpha value is -1.19. The molecule has 1 heterocycles. The van der Waals surface area contributed by atoms with Gasteiger partial charge >= 0.3 is 6.18 Å². The second kappa shape index (κ2) is 4.15. The lowest BCUT2D eigenvalue weighted by molar-refractivity contribution is -0.137. The Bertz CT molecular complexity index is 486. The molecule has 0 radical (unpaired) electrons. The van der Waals surface area contributed by atoms with E-state index in [1.807, 2.05) is 0 Å². The van der Waals surface area contributed by atoms with Crippen molar-refractivity contribution < 1.29 is 13.2 Å². The number of rotatable bonds is 1. The van der Waals surface area contributed by atoms with Crippen LogP contribution in [0.25, 0.3) is 0 Å². The van der Waals surface area contributed by atoms with Crippen LogP contribution in [0.4, 0.5) is 18.9 Å². The van der Waals surface area contributed by atoms with Gasteiger partial charge in [-0.2, -0.15) is 13.2 Å². The minimum atomic E-state index is -4.25. The molecular weight excluding hydrogens is 263 g/mol. The first-order valence-corrected chi connectivity index (χ1v) is 7.10. The number of nitrogens with zero attached hydrogens (tertiary/aromatic N) is 1. The molecule has 1 aromatic carbocycles. The summed E-state index contributed by atoms with van der Waals surface area (Å²) >= 11 is 0. The summed E-state index contributed by atoms with van der Waals surface area (Å²) in [5, 5.41) is 0. The van der Waals surface area contributed by atoms with Gasteiger partial charge in [0.1, 0.15) is 0 Å². The van der Waals surface area contributed by atoms with Gasteiger partial charge in [-0.3, -0.25) is 0 Å². The zero-order valence-corrected chi connectivity index (χ0v) is 12.0. The number of halogens is 3. The molecule has 1 aliphatic carbocycles. The minimum Gasteiger partial charge on any atom is -0.371 e. The largest absolute Gasteiger partial charge is 0.416 e. The maximum Gasteiger partial charge on any atom is 0.416 e. The third-order valence-electron chi connectivity index (χ3n) is 4.75. The first-order valence-electron chi connectivity index (χ1n) is 7.10. The van der Waals surface area contributed by atoms with E-state index in [4.69, 9.17) is 0 Å². The van der Waals surface area contributed by atoms with Crippen LogP contribution in [0.3, 0.4) is 0 Å². The van der Waals surface area contributed by atoms with Crippen molar-refractivity contribution in [3.63, 3.8) is 0 Å². The molecule has 0 aromatic heterocycles. The SMILES string of the molecule is CC(C)(C)C1C2CN(c3ccc(C(F)(F)F)cc3)CC21. The molecular formula is C16H20F3N. The molecule has 1 saturated heterocycles. The topological polar surface area (TPSA) is 3.24 Å². The minimum absolute atomic E-state index is 0.349. The summed E-state index contributed by atoms with van der Waals surface area (Å²) in [6, 6.07) is 5.56. The Labute approximate surface area is 117 Å². The van der Waals surface area contributed by atoms with Crippen LogP contribution in [-0.2, 0) is 6.18 Å². The third kappa shape index (κ3) is 2.29. The zero-order valence-electron chi connectivity index (χ0n) is 12.0. The Balaban J connectivity index is 1.66. The van der Waals surface area contributed by atoms with Crippen LogP contribution in [0.5, 0.6) is 0 Å². The number of piperidine rings is 1. The number of hydrogen-bond acceptors (Lipinski definition) is 1. The average Bonchev–Trinajstić information content (AvgIpc) is 2.86. The van der Waals surface area contributed by atoms with E-state index < -0.39 is 11.7 Å². The van der Waals surface area contributed by atoms with E-state index in [-0.39, 0.29) is 0 Å². The molecule has 1 aromatic rings. The van der Waals surface area contributed by atoms with Crippen molar-refractivity contribution >= 4 is 5.69 Å². The van der Waals surface area contributed by atoms with E-state index in [0.29, 0.717) is 5.41 Å². The number of alkyl halides is 3. The number of benzene rings is 1. The molecule has 110 valence electrons. The van der Waals surface area contributed by atoms with Crippen molar-refractivity contribution in [3.05, 3.63) is 29.8 Å². The quantitative estimate of drug-likeness (QED) is 0.737. The molecule has 3 rings (SSSR count). The predicted octanol–water partition coefficient (Wildman–Crippen LogP) is 4.43. The van der Waals surface area contributed by atoms with Gasteiger partial charge < -0.3 is 4.90 Å². The summed E-state index contributed by atoms with van der Waals surface area (Å²) in [6.07, 6.45) is -4.25. The molecule has 1 saturated carbocycles. The highest BCUT2D eigenvalue weighted by molar-refractivity contribution is 5.50. The molecule has 0 N–H and O–H groups in total. The van der Waals surface area contributed by atoms with E-state index in [1.54, 1.807) is 12.1 Å². The van der Waals surface area contributed by atoms with Crippen LogP contribution in [0.1, 0.15) is 26.3 Å². The Kier molecular flexibility index (Phi) is 2.86. The zero-order chi connectivity index (χ0) is 14.7. The van der Waals surface area contributed by atoms with Crippen LogP contribution in [0.15, 0.2) is 24.3 Å². The van der Waals surface area contributed by atoms with Crippen molar-refractivity contribution in [2.24, 2.45) is 23.2 Å². The number of anilines is 1. The molecule has 1 nitrogen and oxygen atoms in total. The summed E-state index contributed by atoms with van der Waals surface area (Å²) in [5.41, 5.74) is 0.692. The summed E-state index contributed by atoms with van der Waals surface area (Å²) in [7, 11) is 0. The predicted molar refractivity (Wildman–Crippen MR) is 73.6 cm³/mol.